The van der Waals surface area contributed by atoms with Crippen LogP contribution >= 0.6 is 0 Å². The molecule has 0 amide bonds. The van der Waals surface area contributed by atoms with Crippen LogP contribution in [0.1, 0.15) is 0 Å². The Labute approximate surface area is 232 Å². The minimum absolute atomic E-state index is 0.278. The lowest BCUT2D eigenvalue weighted by molar-refractivity contribution is 0.476. The van der Waals surface area contributed by atoms with Crippen LogP contribution in [0, 0.1) is 0 Å². The molecule has 0 atom stereocenters. The molecule has 7 aromatic rings. The van der Waals surface area contributed by atoms with E-state index in [4.69, 9.17) is 4.74 Å². The second kappa shape index (κ2) is 8.86. The van der Waals surface area contributed by atoms with Crippen LogP contribution in [0.25, 0.3) is 66.1 Å². The SMILES string of the molecule is Oc1ccc2cccc(-c3ccc(-c4ccc5c6c(cccc46)Oc4cc(-c6ccccc6)ccc4-5)cc3)c2c1. The van der Waals surface area contributed by atoms with Gasteiger partial charge in [0, 0.05) is 10.9 Å². The summed E-state index contributed by atoms with van der Waals surface area (Å²) in [5.41, 5.74) is 9.19. The second-order valence-electron chi connectivity index (χ2n) is 10.3. The van der Waals surface area contributed by atoms with E-state index in [1.807, 2.05) is 18.2 Å². The molecule has 1 aliphatic heterocycles. The minimum Gasteiger partial charge on any atom is -0.508 e. The lowest BCUT2D eigenvalue weighted by atomic mass is 9.88. The zero-order valence-electron chi connectivity index (χ0n) is 21.6. The molecule has 0 radical (unpaired) electrons. The van der Waals surface area contributed by atoms with E-state index in [1.54, 1.807) is 6.07 Å². The summed E-state index contributed by atoms with van der Waals surface area (Å²) in [5, 5.41) is 14.6. The smallest absolute Gasteiger partial charge is 0.135 e. The summed E-state index contributed by atoms with van der Waals surface area (Å²) in [6.07, 6.45) is 0. The van der Waals surface area contributed by atoms with E-state index in [9.17, 15) is 5.11 Å². The van der Waals surface area contributed by atoms with E-state index in [1.165, 1.54) is 22.1 Å². The van der Waals surface area contributed by atoms with Gasteiger partial charge in [-0.3, -0.25) is 0 Å². The fourth-order valence-electron chi connectivity index (χ4n) is 6.03. The predicted octanol–water partition coefficient (Wildman–Crippen LogP) is 10.5. The molecule has 1 heterocycles. The van der Waals surface area contributed by atoms with Crippen molar-refractivity contribution in [3.05, 3.63) is 140 Å². The fraction of sp³-hybridized carbons (Fsp3) is 0. The standard InChI is InChI=1S/C38H24O2/c39-29-18-16-25-8-4-9-30(35(25)23-29)26-12-14-27(15-13-26)31-20-21-34-32-19-17-28(24-6-2-1-3-7-24)22-37(32)40-36-11-5-10-33(31)38(34)36/h1-23,39H. The number of rotatable bonds is 3. The van der Waals surface area contributed by atoms with E-state index in [2.05, 4.69) is 115 Å². The first-order chi connectivity index (χ1) is 19.7. The maximum absolute atomic E-state index is 10.1. The zero-order chi connectivity index (χ0) is 26.6. The van der Waals surface area contributed by atoms with Crippen molar-refractivity contribution < 1.29 is 9.84 Å². The van der Waals surface area contributed by atoms with Gasteiger partial charge in [-0.25, -0.2) is 0 Å². The summed E-state index contributed by atoms with van der Waals surface area (Å²) in [7, 11) is 0. The molecule has 8 rings (SSSR count). The molecule has 0 aliphatic carbocycles. The van der Waals surface area contributed by atoms with Crippen molar-refractivity contribution in [2.45, 2.75) is 0 Å². The van der Waals surface area contributed by atoms with Crippen molar-refractivity contribution >= 4 is 21.5 Å². The Bertz CT molecular complexity index is 2070. The first-order valence-electron chi connectivity index (χ1n) is 13.5. The van der Waals surface area contributed by atoms with Crippen molar-refractivity contribution in [1.29, 1.82) is 0 Å². The van der Waals surface area contributed by atoms with Gasteiger partial charge in [-0.05, 0) is 85.4 Å². The Kier molecular flexibility index (Phi) is 5.01. The lowest BCUT2D eigenvalue weighted by Crippen LogP contribution is -1.98. The number of aromatic hydroxyl groups is 1. The molecule has 1 N–H and O–H groups in total. The highest BCUT2D eigenvalue weighted by molar-refractivity contribution is 6.10. The van der Waals surface area contributed by atoms with Crippen LogP contribution in [-0.2, 0) is 0 Å². The Morgan fingerprint density at radius 3 is 1.93 bits per heavy atom. The van der Waals surface area contributed by atoms with E-state index in [0.29, 0.717) is 0 Å². The van der Waals surface area contributed by atoms with Gasteiger partial charge in [-0.15, -0.1) is 0 Å². The summed E-state index contributed by atoms with van der Waals surface area (Å²) in [4.78, 5) is 0. The summed E-state index contributed by atoms with van der Waals surface area (Å²) in [6.45, 7) is 0. The third-order valence-corrected chi connectivity index (χ3v) is 7.97. The zero-order valence-corrected chi connectivity index (χ0v) is 21.6. The van der Waals surface area contributed by atoms with Gasteiger partial charge in [0.2, 0.25) is 0 Å². The van der Waals surface area contributed by atoms with Crippen LogP contribution in [-0.4, -0.2) is 5.11 Å². The highest BCUT2D eigenvalue weighted by Gasteiger charge is 2.22. The average molecular weight is 513 g/mol. The summed E-state index contributed by atoms with van der Waals surface area (Å²) in [5.74, 6) is 2.05. The van der Waals surface area contributed by atoms with Crippen molar-refractivity contribution in [1.82, 2.24) is 0 Å². The van der Waals surface area contributed by atoms with E-state index < -0.39 is 0 Å². The van der Waals surface area contributed by atoms with Crippen molar-refractivity contribution in [3.8, 4) is 61.8 Å². The van der Waals surface area contributed by atoms with Crippen LogP contribution < -0.4 is 4.74 Å². The van der Waals surface area contributed by atoms with Gasteiger partial charge >= 0.3 is 0 Å². The molecule has 1 aliphatic rings. The van der Waals surface area contributed by atoms with Crippen LogP contribution in [0.15, 0.2) is 140 Å². The van der Waals surface area contributed by atoms with Gasteiger partial charge in [0.05, 0.1) is 0 Å². The molecule has 0 unspecified atom stereocenters. The number of phenols is 1. The third kappa shape index (κ3) is 3.58. The number of ether oxygens (including phenoxy) is 1. The van der Waals surface area contributed by atoms with Gasteiger partial charge in [0.15, 0.2) is 0 Å². The molecular weight excluding hydrogens is 488 g/mol. The van der Waals surface area contributed by atoms with Gasteiger partial charge in [0.25, 0.3) is 0 Å². The monoisotopic (exact) mass is 512 g/mol. The number of fused-ring (bicyclic) bond motifs is 3. The van der Waals surface area contributed by atoms with Crippen molar-refractivity contribution in [2.24, 2.45) is 0 Å². The molecule has 0 fully saturated rings. The largest absolute Gasteiger partial charge is 0.508 e. The Morgan fingerprint density at radius 1 is 0.400 bits per heavy atom. The maximum Gasteiger partial charge on any atom is 0.135 e. The molecule has 0 spiro atoms. The van der Waals surface area contributed by atoms with Gasteiger partial charge < -0.3 is 9.84 Å². The average Bonchev–Trinajstić information content (AvgIpc) is 3.01. The van der Waals surface area contributed by atoms with E-state index in [-0.39, 0.29) is 5.75 Å². The molecule has 0 aromatic heterocycles. The van der Waals surface area contributed by atoms with Crippen LogP contribution in [0.2, 0.25) is 0 Å². The number of benzene rings is 7. The van der Waals surface area contributed by atoms with Crippen LogP contribution in [0.4, 0.5) is 0 Å². The molecule has 2 heteroatoms. The van der Waals surface area contributed by atoms with Crippen LogP contribution in [0.5, 0.6) is 17.2 Å². The molecule has 188 valence electrons. The molecule has 7 aromatic carbocycles. The topological polar surface area (TPSA) is 29.5 Å². The lowest BCUT2D eigenvalue weighted by Gasteiger charge is -2.23. The van der Waals surface area contributed by atoms with Crippen LogP contribution in [0.3, 0.4) is 0 Å². The first-order valence-corrected chi connectivity index (χ1v) is 13.5. The first kappa shape index (κ1) is 22.6. The minimum atomic E-state index is 0.278. The molecule has 0 saturated carbocycles. The fourth-order valence-corrected chi connectivity index (χ4v) is 6.03. The van der Waals surface area contributed by atoms with Crippen molar-refractivity contribution in [2.75, 3.05) is 0 Å². The third-order valence-electron chi connectivity index (χ3n) is 7.97. The highest BCUT2D eigenvalue weighted by atomic mass is 16.5. The van der Waals surface area contributed by atoms with Crippen molar-refractivity contribution in [3.63, 3.8) is 0 Å². The highest BCUT2D eigenvalue weighted by Crippen LogP contribution is 2.49. The summed E-state index contributed by atoms with van der Waals surface area (Å²) >= 11 is 0. The molecule has 40 heavy (non-hydrogen) atoms. The van der Waals surface area contributed by atoms with E-state index in [0.717, 1.165) is 55.5 Å². The number of hydrogen-bond donors (Lipinski definition) is 1. The quantitative estimate of drug-likeness (QED) is 0.255. The summed E-state index contributed by atoms with van der Waals surface area (Å²) in [6, 6.07) is 48.2. The Hall–Kier alpha value is -5.34. The number of phenolic OH excluding ortho intramolecular Hbond substituents is 1. The van der Waals surface area contributed by atoms with E-state index >= 15 is 0 Å². The molecule has 0 bridgehead atoms. The molecule has 0 saturated heterocycles. The Balaban J connectivity index is 1.22. The summed E-state index contributed by atoms with van der Waals surface area (Å²) < 4.78 is 6.51. The second-order valence-corrected chi connectivity index (χ2v) is 10.3. The molecular formula is C38H24O2. The predicted molar refractivity (Wildman–Crippen MR) is 165 cm³/mol. The van der Waals surface area contributed by atoms with Gasteiger partial charge in [0.1, 0.15) is 17.2 Å². The maximum atomic E-state index is 10.1. The normalized spacial score (nSPS) is 11.8. The number of hydrogen-bond acceptors (Lipinski definition) is 2. The molecule has 2 nitrogen and oxygen atoms in total. The Morgan fingerprint density at radius 2 is 1.10 bits per heavy atom. The van der Waals surface area contributed by atoms with Gasteiger partial charge in [-0.2, -0.15) is 0 Å². The van der Waals surface area contributed by atoms with Gasteiger partial charge in [-0.1, -0.05) is 109 Å².